The van der Waals surface area contributed by atoms with E-state index in [1.54, 1.807) is 24.5 Å². The van der Waals surface area contributed by atoms with Crippen molar-refractivity contribution < 1.29 is 9.13 Å². The van der Waals surface area contributed by atoms with Gasteiger partial charge in [0.05, 0.1) is 29.7 Å². The van der Waals surface area contributed by atoms with Crippen LogP contribution >= 0.6 is 12.4 Å². The molecule has 0 bridgehead atoms. The number of nitrogens with two attached hydrogens (primary N) is 1. The van der Waals surface area contributed by atoms with Crippen molar-refractivity contribution in [2.24, 2.45) is 5.73 Å². The second kappa shape index (κ2) is 9.64. The highest BCUT2D eigenvalue weighted by molar-refractivity contribution is 5.85. The number of imidazole rings is 1. The van der Waals surface area contributed by atoms with E-state index in [0.717, 1.165) is 37.3 Å². The molecular weight excluding hydrogens is 443 g/mol. The van der Waals surface area contributed by atoms with Crippen LogP contribution in [0.4, 0.5) is 21.6 Å². The van der Waals surface area contributed by atoms with E-state index < -0.39 is 5.82 Å². The number of anilines is 3. The molecule has 1 aliphatic rings. The molecule has 7 nitrogen and oxygen atoms in total. The van der Waals surface area contributed by atoms with Crippen molar-refractivity contribution >= 4 is 35.2 Å². The monoisotopic (exact) mass is 468 g/mol. The van der Waals surface area contributed by atoms with Crippen molar-refractivity contribution in [3.63, 3.8) is 0 Å². The average Bonchev–Trinajstić information content (AvgIpc) is 3.29. The van der Waals surface area contributed by atoms with Crippen LogP contribution in [0.25, 0.3) is 16.9 Å². The molecule has 9 heteroatoms. The smallest absolute Gasteiger partial charge is 0.180 e. The average molecular weight is 469 g/mol. The second-order valence-electron chi connectivity index (χ2n) is 7.92. The fourth-order valence-corrected chi connectivity index (χ4v) is 4.18. The number of nitrogens with zero attached hydrogens (tertiary/aromatic N) is 4. The van der Waals surface area contributed by atoms with Crippen LogP contribution in [-0.2, 0) is 0 Å². The van der Waals surface area contributed by atoms with Gasteiger partial charge in [-0.25, -0.2) is 14.4 Å². The number of piperidine rings is 1. The topological polar surface area (TPSA) is 80.7 Å². The van der Waals surface area contributed by atoms with Crippen molar-refractivity contribution in [2.45, 2.75) is 18.9 Å². The number of rotatable bonds is 5. The molecule has 2 aromatic heterocycles. The maximum atomic E-state index is 14.8. The normalized spacial score (nSPS) is 14.2. The van der Waals surface area contributed by atoms with Gasteiger partial charge in [-0.3, -0.25) is 0 Å². The van der Waals surface area contributed by atoms with Gasteiger partial charge < -0.3 is 25.1 Å². The number of ether oxygens (including phenoxy) is 1. The predicted octanol–water partition coefficient (Wildman–Crippen LogP) is 4.64. The number of para-hydroxylation sites is 2. The highest BCUT2D eigenvalue weighted by Gasteiger charge is 2.20. The first kappa shape index (κ1) is 22.8. The standard InChI is InChI=1S/C24H25FN6O.ClH/c1-32-21-8-4-5-17(25)22(21)19-15-31-14-11-27-24(31)23(29-19)28-18-6-2-3-7-20(18)30-12-9-16(26)10-13-30;/h2-8,11,14-16H,9-10,12-13,26H2,1H3,(H,28,29);1H. The van der Waals surface area contributed by atoms with E-state index in [1.807, 2.05) is 28.8 Å². The van der Waals surface area contributed by atoms with Gasteiger partial charge in [-0.05, 0) is 37.1 Å². The Balaban J connectivity index is 0.00000259. The van der Waals surface area contributed by atoms with E-state index >= 15 is 0 Å². The lowest BCUT2D eigenvalue weighted by Crippen LogP contribution is -2.39. The van der Waals surface area contributed by atoms with E-state index in [4.69, 9.17) is 15.5 Å². The first-order chi connectivity index (χ1) is 15.6. The summed E-state index contributed by atoms with van der Waals surface area (Å²) in [6.07, 6.45) is 7.19. The Bertz CT molecular complexity index is 1250. The zero-order valence-electron chi connectivity index (χ0n) is 18.2. The Hall–Kier alpha value is -3.36. The molecule has 0 unspecified atom stereocenters. The highest BCUT2D eigenvalue weighted by atomic mass is 35.5. The Morgan fingerprint density at radius 3 is 2.70 bits per heavy atom. The Labute approximate surface area is 197 Å². The molecule has 0 radical (unpaired) electrons. The molecule has 2 aromatic carbocycles. The zero-order valence-corrected chi connectivity index (χ0v) is 19.1. The Morgan fingerprint density at radius 2 is 1.91 bits per heavy atom. The van der Waals surface area contributed by atoms with E-state index in [2.05, 4.69) is 21.3 Å². The second-order valence-corrected chi connectivity index (χ2v) is 7.92. The summed E-state index contributed by atoms with van der Waals surface area (Å²) < 4.78 is 22.0. The largest absolute Gasteiger partial charge is 0.496 e. The lowest BCUT2D eigenvalue weighted by atomic mass is 10.1. The first-order valence-corrected chi connectivity index (χ1v) is 10.7. The van der Waals surface area contributed by atoms with Crippen LogP contribution in [0.2, 0.25) is 0 Å². The minimum absolute atomic E-state index is 0. The number of benzene rings is 2. The molecule has 0 spiro atoms. The molecule has 3 heterocycles. The highest BCUT2D eigenvalue weighted by Crippen LogP contribution is 2.35. The SMILES string of the molecule is COc1cccc(F)c1-c1cn2ccnc2c(Nc2ccccc2N2CCC(N)CC2)n1.Cl. The van der Waals surface area contributed by atoms with Gasteiger partial charge in [-0.2, -0.15) is 0 Å². The third-order valence-electron chi connectivity index (χ3n) is 5.86. The van der Waals surface area contributed by atoms with Gasteiger partial charge in [0.25, 0.3) is 0 Å². The van der Waals surface area contributed by atoms with E-state index in [-0.39, 0.29) is 18.4 Å². The lowest BCUT2D eigenvalue weighted by Gasteiger charge is -2.33. The summed E-state index contributed by atoms with van der Waals surface area (Å²) in [6.45, 7) is 1.80. The van der Waals surface area contributed by atoms with Crippen LogP contribution in [0, 0.1) is 5.82 Å². The maximum absolute atomic E-state index is 14.8. The fraction of sp³-hybridized carbons (Fsp3) is 0.250. The quantitative estimate of drug-likeness (QED) is 0.444. The number of fused-ring (bicyclic) bond motifs is 1. The number of hydrogen-bond acceptors (Lipinski definition) is 6. The van der Waals surface area contributed by atoms with Gasteiger partial charge >= 0.3 is 0 Å². The summed E-state index contributed by atoms with van der Waals surface area (Å²) in [5, 5.41) is 3.45. The number of halogens is 2. The molecular formula is C24H26ClFN6O. The number of methoxy groups -OCH3 is 1. The van der Waals surface area contributed by atoms with Gasteiger partial charge in [0.15, 0.2) is 11.5 Å². The Morgan fingerprint density at radius 1 is 1.12 bits per heavy atom. The summed E-state index contributed by atoms with van der Waals surface area (Å²) in [6, 6.07) is 13.1. The van der Waals surface area contributed by atoms with Crippen LogP contribution in [0.3, 0.4) is 0 Å². The summed E-state index contributed by atoms with van der Waals surface area (Å²) in [7, 11) is 1.52. The minimum Gasteiger partial charge on any atom is -0.496 e. The van der Waals surface area contributed by atoms with Crippen LogP contribution in [0.15, 0.2) is 61.1 Å². The van der Waals surface area contributed by atoms with Crippen molar-refractivity contribution in [1.82, 2.24) is 14.4 Å². The molecule has 0 aliphatic carbocycles. The Kier molecular flexibility index (Phi) is 6.67. The van der Waals surface area contributed by atoms with Crippen LogP contribution in [-0.4, -0.2) is 40.6 Å². The molecule has 1 saturated heterocycles. The molecule has 3 N–H and O–H groups in total. The molecule has 1 fully saturated rings. The van der Waals surface area contributed by atoms with Crippen LogP contribution < -0.4 is 20.7 Å². The van der Waals surface area contributed by atoms with Gasteiger partial charge in [-0.1, -0.05) is 18.2 Å². The summed E-state index contributed by atoms with van der Waals surface area (Å²) in [4.78, 5) is 11.5. The van der Waals surface area contributed by atoms with E-state index in [0.29, 0.717) is 28.5 Å². The lowest BCUT2D eigenvalue weighted by molar-refractivity contribution is 0.413. The summed E-state index contributed by atoms with van der Waals surface area (Å²) in [5.74, 6) is 0.569. The third kappa shape index (κ3) is 4.44. The van der Waals surface area contributed by atoms with Gasteiger partial charge in [0.1, 0.15) is 11.6 Å². The molecule has 1 aliphatic heterocycles. The summed E-state index contributed by atoms with van der Waals surface area (Å²) in [5.41, 5.74) is 9.51. The third-order valence-corrected chi connectivity index (χ3v) is 5.86. The van der Waals surface area contributed by atoms with Gasteiger partial charge in [0, 0.05) is 37.7 Å². The molecule has 33 heavy (non-hydrogen) atoms. The predicted molar refractivity (Wildman–Crippen MR) is 131 cm³/mol. The molecule has 5 rings (SSSR count). The van der Waals surface area contributed by atoms with Crippen molar-refractivity contribution in [3.05, 3.63) is 66.9 Å². The number of nitrogens with one attached hydrogen (secondary N) is 1. The fourth-order valence-electron chi connectivity index (χ4n) is 4.18. The number of hydrogen-bond donors (Lipinski definition) is 2. The molecule has 0 saturated carbocycles. The van der Waals surface area contributed by atoms with Crippen LogP contribution in [0.5, 0.6) is 5.75 Å². The summed E-state index contributed by atoms with van der Waals surface area (Å²) >= 11 is 0. The minimum atomic E-state index is -0.396. The van der Waals surface area contributed by atoms with Crippen LogP contribution in [0.1, 0.15) is 12.8 Å². The van der Waals surface area contributed by atoms with E-state index in [9.17, 15) is 4.39 Å². The molecule has 172 valence electrons. The number of aromatic nitrogens is 3. The van der Waals surface area contributed by atoms with Crippen molar-refractivity contribution in [3.8, 4) is 17.0 Å². The first-order valence-electron chi connectivity index (χ1n) is 10.7. The van der Waals surface area contributed by atoms with Crippen molar-refractivity contribution in [1.29, 1.82) is 0 Å². The van der Waals surface area contributed by atoms with Gasteiger partial charge in [-0.15, -0.1) is 12.4 Å². The molecule has 4 aromatic rings. The zero-order chi connectivity index (χ0) is 22.1. The molecule has 0 atom stereocenters. The maximum Gasteiger partial charge on any atom is 0.180 e. The van der Waals surface area contributed by atoms with E-state index in [1.165, 1.54) is 13.2 Å². The van der Waals surface area contributed by atoms with Crippen molar-refractivity contribution in [2.75, 3.05) is 30.4 Å². The molecule has 0 amide bonds. The van der Waals surface area contributed by atoms with Gasteiger partial charge in [0.2, 0.25) is 0 Å².